The first-order valence-corrected chi connectivity index (χ1v) is 8.16. The summed E-state index contributed by atoms with van der Waals surface area (Å²) in [5, 5.41) is 0.604. The predicted molar refractivity (Wildman–Crippen MR) is 91.8 cm³/mol. The van der Waals surface area contributed by atoms with Crippen molar-refractivity contribution >= 4 is 28.2 Å². The largest absolute Gasteiger partial charge is 0.378 e. The van der Waals surface area contributed by atoms with Crippen molar-refractivity contribution in [1.82, 2.24) is 9.97 Å². The van der Waals surface area contributed by atoms with E-state index in [1.807, 2.05) is 4.90 Å². The normalized spacial score (nSPS) is 14.9. The van der Waals surface area contributed by atoms with Crippen LogP contribution < -0.4 is 4.90 Å². The highest BCUT2D eigenvalue weighted by Gasteiger charge is 2.20. The second-order valence-corrected chi connectivity index (χ2v) is 6.07. The lowest BCUT2D eigenvalue weighted by atomic mass is 10.0. The van der Waals surface area contributed by atoms with E-state index in [1.165, 1.54) is 12.4 Å². The Morgan fingerprint density at radius 2 is 1.96 bits per heavy atom. The van der Waals surface area contributed by atoms with Gasteiger partial charge < -0.3 is 9.64 Å². The highest BCUT2D eigenvalue weighted by Crippen LogP contribution is 2.33. The Morgan fingerprint density at radius 1 is 1.16 bits per heavy atom. The summed E-state index contributed by atoms with van der Waals surface area (Å²) in [4.78, 5) is 10.1. The number of nitrogens with zero attached hydrogens (tertiary/aromatic N) is 3. The Hall–Kier alpha value is -2.31. The van der Waals surface area contributed by atoms with Crippen molar-refractivity contribution in [1.29, 1.82) is 0 Å². The molecule has 4 rings (SSSR count). The van der Waals surface area contributed by atoms with Crippen molar-refractivity contribution in [3.05, 3.63) is 53.3 Å². The van der Waals surface area contributed by atoms with Crippen LogP contribution in [0.3, 0.4) is 0 Å². The standard InChI is InChI=1S/C18H13ClF2N3O/c19-11-1-2-12(14(20)9-11)17-13-3-4-15(24-5-7-25-8-6-24)16(21)18(13)23-10-22-17/h2-4,9-10H,5-8H2. The number of hydrogen-bond acceptors (Lipinski definition) is 4. The Bertz CT molecular complexity index is 945. The number of rotatable bonds is 2. The van der Waals surface area contributed by atoms with E-state index in [4.69, 9.17) is 16.3 Å². The molecule has 0 N–H and O–H groups in total. The van der Waals surface area contributed by atoms with Gasteiger partial charge in [-0.3, -0.25) is 0 Å². The fourth-order valence-electron chi connectivity index (χ4n) is 2.97. The third-order valence-electron chi connectivity index (χ3n) is 4.20. The molecule has 1 aromatic heterocycles. The average molecular weight is 361 g/mol. The number of anilines is 1. The van der Waals surface area contributed by atoms with Gasteiger partial charge in [-0.2, -0.15) is 0 Å². The Labute approximate surface area is 148 Å². The number of morpholine rings is 1. The molecule has 0 aliphatic carbocycles. The zero-order valence-electron chi connectivity index (χ0n) is 13.1. The van der Waals surface area contributed by atoms with Crippen molar-refractivity contribution in [3.8, 4) is 11.3 Å². The molecule has 0 bridgehead atoms. The van der Waals surface area contributed by atoms with Crippen LogP contribution in [-0.2, 0) is 4.74 Å². The maximum atomic E-state index is 15.0. The van der Waals surface area contributed by atoms with Crippen molar-refractivity contribution in [3.63, 3.8) is 0 Å². The first-order chi connectivity index (χ1) is 12.1. The molecule has 3 aromatic rings. The number of halogens is 3. The van der Waals surface area contributed by atoms with E-state index >= 15 is 4.39 Å². The van der Waals surface area contributed by atoms with Gasteiger partial charge >= 0.3 is 0 Å². The van der Waals surface area contributed by atoms with Gasteiger partial charge in [-0.05, 0) is 24.3 Å². The van der Waals surface area contributed by atoms with E-state index < -0.39 is 11.6 Å². The molecule has 0 amide bonds. The fourth-order valence-corrected chi connectivity index (χ4v) is 3.12. The maximum absolute atomic E-state index is 15.0. The predicted octanol–water partition coefficient (Wildman–Crippen LogP) is 3.87. The Morgan fingerprint density at radius 3 is 2.72 bits per heavy atom. The fraction of sp³-hybridized carbons (Fsp3) is 0.222. The SMILES string of the molecule is Fc1cc(Cl)[c]cc1-c1ncnc2c(F)c(N3CCOCC3)ccc12. The molecule has 0 unspecified atom stereocenters. The van der Waals surface area contributed by atoms with Gasteiger partial charge in [0.1, 0.15) is 17.7 Å². The Balaban J connectivity index is 1.86. The van der Waals surface area contributed by atoms with Crippen molar-refractivity contribution < 1.29 is 13.5 Å². The van der Waals surface area contributed by atoms with Crippen LogP contribution in [0.1, 0.15) is 0 Å². The quantitative estimate of drug-likeness (QED) is 0.695. The summed E-state index contributed by atoms with van der Waals surface area (Å²) >= 11 is 5.75. The van der Waals surface area contributed by atoms with Crippen LogP contribution in [0, 0.1) is 17.7 Å². The van der Waals surface area contributed by atoms with Gasteiger partial charge in [-0.15, -0.1) is 0 Å². The van der Waals surface area contributed by atoms with Crippen molar-refractivity contribution in [2.24, 2.45) is 0 Å². The molecule has 0 saturated carbocycles. The highest BCUT2D eigenvalue weighted by atomic mass is 35.5. The minimum atomic E-state index is -0.540. The van der Waals surface area contributed by atoms with Gasteiger partial charge in [0.25, 0.3) is 0 Å². The summed E-state index contributed by atoms with van der Waals surface area (Å²) in [5.74, 6) is -0.984. The zero-order chi connectivity index (χ0) is 17.4. The average Bonchev–Trinajstić information content (AvgIpc) is 2.63. The van der Waals surface area contributed by atoms with E-state index in [0.717, 1.165) is 6.07 Å². The third kappa shape index (κ3) is 2.92. The summed E-state index contributed by atoms with van der Waals surface area (Å²) in [6.45, 7) is 2.33. The van der Waals surface area contributed by atoms with Crippen LogP contribution in [0.5, 0.6) is 0 Å². The van der Waals surface area contributed by atoms with E-state index in [-0.39, 0.29) is 16.1 Å². The zero-order valence-corrected chi connectivity index (χ0v) is 13.9. The van der Waals surface area contributed by atoms with Gasteiger partial charge in [0.05, 0.1) is 29.6 Å². The maximum Gasteiger partial charge on any atom is 0.172 e. The van der Waals surface area contributed by atoms with Gasteiger partial charge in [0, 0.05) is 30.1 Å². The lowest BCUT2D eigenvalue weighted by Gasteiger charge is -2.29. The van der Waals surface area contributed by atoms with E-state index in [0.29, 0.717) is 43.1 Å². The van der Waals surface area contributed by atoms with Gasteiger partial charge in [0.2, 0.25) is 0 Å². The molecule has 2 heterocycles. The topological polar surface area (TPSA) is 38.2 Å². The smallest absolute Gasteiger partial charge is 0.172 e. The molecule has 25 heavy (non-hydrogen) atoms. The Kier molecular flexibility index (Phi) is 4.23. The van der Waals surface area contributed by atoms with Crippen LogP contribution >= 0.6 is 11.6 Å². The molecule has 1 fully saturated rings. The summed E-state index contributed by atoms with van der Waals surface area (Å²) in [7, 11) is 0. The molecule has 1 aliphatic heterocycles. The molecule has 7 heteroatoms. The molecule has 0 spiro atoms. The first kappa shape index (κ1) is 16.2. The van der Waals surface area contributed by atoms with Gasteiger partial charge in [0.15, 0.2) is 5.82 Å². The van der Waals surface area contributed by atoms with Crippen LogP contribution in [-0.4, -0.2) is 36.3 Å². The first-order valence-electron chi connectivity index (χ1n) is 7.78. The number of fused-ring (bicyclic) bond motifs is 1. The van der Waals surface area contributed by atoms with Crippen LogP contribution in [0.25, 0.3) is 22.2 Å². The second-order valence-electron chi connectivity index (χ2n) is 5.66. The highest BCUT2D eigenvalue weighted by molar-refractivity contribution is 6.30. The minimum absolute atomic E-state index is 0.156. The van der Waals surface area contributed by atoms with E-state index in [2.05, 4.69) is 16.0 Å². The minimum Gasteiger partial charge on any atom is -0.378 e. The number of hydrogen-bond donors (Lipinski definition) is 0. The number of ether oxygens (including phenoxy) is 1. The van der Waals surface area contributed by atoms with Crippen LogP contribution in [0.2, 0.25) is 5.02 Å². The second kappa shape index (κ2) is 6.54. The molecule has 0 atom stereocenters. The van der Waals surface area contributed by atoms with Crippen LogP contribution in [0.15, 0.2) is 30.6 Å². The molecule has 1 radical (unpaired) electrons. The molecule has 1 saturated heterocycles. The molecule has 1 aliphatic rings. The monoisotopic (exact) mass is 360 g/mol. The van der Waals surface area contributed by atoms with Gasteiger partial charge in [-0.25, -0.2) is 18.7 Å². The summed E-state index contributed by atoms with van der Waals surface area (Å²) < 4.78 is 34.6. The summed E-state index contributed by atoms with van der Waals surface area (Å²) in [5.41, 5.74) is 1.13. The lowest BCUT2D eigenvalue weighted by molar-refractivity contribution is 0.122. The number of aromatic nitrogens is 2. The van der Waals surface area contributed by atoms with Crippen molar-refractivity contribution in [2.45, 2.75) is 0 Å². The molecule has 127 valence electrons. The summed E-state index contributed by atoms with van der Waals surface area (Å²) in [6.07, 6.45) is 1.23. The van der Waals surface area contributed by atoms with Crippen molar-refractivity contribution in [2.75, 3.05) is 31.2 Å². The van der Waals surface area contributed by atoms with E-state index in [1.54, 1.807) is 12.1 Å². The lowest BCUT2D eigenvalue weighted by Crippen LogP contribution is -2.36. The van der Waals surface area contributed by atoms with E-state index in [9.17, 15) is 4.39 Å². The molecule has 2 aromatic carbocycles. The molecular formula is C18H13ClF2N3O. The number of benzene rings is 2. The molecular weight excluding hydrogens is 348 g/mol. The van der Waals surface area contributed by atoms with Crippen LogP contribution in [0.4, 0.5) is 14.5 Å². The third-order valence-corrected chi connectivity index (χ3v) is 4.41. The molecule has 4 nitrogen and oxygen atoms in total. The van der Waals surface area contributed by atoms with Gasteiger partial charge in [-0.1, -0.05) is 11.6 Å². The summed E-state index contributed by atoms with van der Waals surface area (Å²) in [6, 6.07) is 8.69.